The fourth-order valence-corrected chi connectivity index (χ4v) is 3.43. The normalized spacial score (nSPS) is 23.6. The van der Waals surface area contributed by atoms with Crippen molar-refractivity contribution in [3.05, 3.63) is 32.8 Å². The van der Waals surface area contributed by atoms with Crippen molar-refractivity contribution >= 4 is 34.8 Å². The van der Waals surface area contributed by atoms with Gasteiger partial charge in [-0.3, -0.25) is 0 Å². The average Bonchev–Trinajstić information content (AvgIpc) is 2.44. The second-order valence-corrected chi connectivity index (χ2v) is 6.52. The Labute approximate surface area is 130 Å². The molecule has 1 aromatic rings. The summed E-state index contributed by atoms with van der Waals surface area (Å²) in [4.78, 5) is 0. The van der Waals surface area contributed by atoms with E-state index in [1.165, 1.54) is 32.1 Å². The van der Waals surface area contributed by atoms with Crippen LogP contribution in [0.1, 0.15) is 44.6 Å². The van der Waals surface area contributed by atoms with Crippen LogP contribution in [0.4, 0.5) is 0 Å². The SMILES string of the molecule is CCC1CCC(NCc2c(Cl)ccc(Cl)c2Cl)CC1. The molecule has 1 nitrogen and oxygen atoms in total. The third kappa shape index (κ3) is 4.01. The standard InChI is InChI=1S/C15H20Cl3N/c1-2-10-3-5-11(6-4-10)19-9-12-13(16)7-8-14(17)15(12)18/h7-8,10-11,19H,2-6,9H2,1H3. The fraction of sp³-hybridized carbons (Fsp3) is 0.600. The van der Waals surface area contributed by atoms with Gasteiger partial charge in [0.15, 0.2) is 0 Å². The Balaban J connectivity index is 1.91. The highest BCUT2D eigenvalue weighted by Gasteiger charge is 2.20. The van der Waals surface area contributed by atoms with Crippen molar-refractivity contribution in [1.82, 2.24) is 5.32 Å². The molecule has 0 amide bonds. The van der Waals surface area contributed by atoms with E-state index in [0.29, 0.717) is 27.7 Å². The van der Waals surface area contributed by atoms with Gasteiger partial charge < -0.3 is 5.32 Å². The summed E-state index contributed by atoms with van der Waals surface area (Å²) in [5.41, 5.74) is 0.911. The van der Waals surface area contributed by atoms with Crippen LogP contribution in [-0.4, -0.2) is 6.04 Å². The monoisotopic (exact) mass is 319 g/mol. The fourth-order valence-electron chi connectivity index (χ4n) is 2.75. The summed E-state index contributed by atoms with van der Waals surface area (Å²) in [6.07, 6.45) is 6.44. The molecule has 1 N–H and O–H groups in total. The molecule has 2 rings (SSSR count). The van der Waals surface area contributed by atoms with E-state index in [-0.39, 0.29) is 0 Å². The molecule has 0 atom stereocenters. The van der Waals surface area contributed by atoms with Gasteiger partial charge in [0.2, 0.25) is 0 Å². The second kappa shape index (κ2) is 7.17. The Hall–Kier alpha value is 0.0500. The highest BCUT2D eigenvalue weighted by molar-refractivity contribution is 6.44. The van der Waals surface area contributed by atoms with Gasteiger partial charge in [-0.2, -0.15) is 0 Å². The van der Waals surface area contributed by atoms with Gasteiger partial charge in [0.25, 0.3) is 0 Å². The van der Waals surface area contributed by atoms with Gasteiger partial charge in [-0.25, -0.2) is 0 Å². The molecule has 0 heterocycles. The van der Waals surface area contributed by atoms with Crippen LogP contribution in [0, 0.1) is 5.92 Å². The van der Waals surface area contributed by atoms with Crippen LogP contribution in [0.3, 0.4) is 0 Å². The summed E-state index contributed by atoms with van der Waals surface area (Å²) in [5.74, 6) is 0.913. The smallest absolute Gasteiger partial charge is 0.0652 e. The lowest BCUT2D eigenvalue weighted by Crippen LogP contribution is -2.32. The molecule has 0 unspecified atom stereocenters. The van der Waals surface area contributed by atoms with E-state index in [1.54, 1.807) is 12.1 Å². The number of rotatable bonds is 4. The first-order valence-corrected chi connectivity index (χ1v) is 8.11. The van der Waals surface area contributed by atoms with E-state index in [0.717, 1.165) is 11.5 Å². The number of nitrogens with one attached hydrogen (secondary N) is 1. The average molecular weight is 321 g/mol. The van der Waals surface area contributed by atoms with E-state index < -0.39 is 0 Å². The molecule has 0 bridgehead atoms. The number of benzene rings is 1. The molecule has 0 aromatic heterocycles. The van der Waals surface area contributed by atoms with Crippen LogP contribution in [-0.2, 0) is 6.54 Å². The largest absolute Gasteiger partial charge is 0.310 e. The van der Waals surface area contributed by atoms with Crippen molar-refractivity contribution < 1.29 is 0 Å². The topological polar surface area (TPSA) is 12.0 Å². The Kier molecular flexibility index (Phi) is 5.83. The summed E-state index contributed by atoms with van der Waals surface area (Å²) < 4.78 is 0. The van der Waals surface area contributed by atoms with Crippen LogP contribution >= 0.6 is 34.8 Å². The minimum atomic E-state index is 0.567. The minimum Gasteiger partial charge on any atom is -0.310 e. The Morgan fingerprint density at radius 1 is 1.05 bits per heavy atom. The van der Waals surface area contributed by atoms with E-state index in [9.17, 15) is 0 Å². The first-order chi connectivity index (χ1) is 9.11. The molecule has 0 aliphatic heterocycles. The molecule has 0 saturated heterocycles. The van der Waals surface area contributed by atoms with Gasteiger partial charge in [0.05, 0.1) is 10.0 Å². The maximum absolute atomic E-state index is 6.21. The molecule has 1 aliphatic rings. The van der Waals surface area contributed by atoms with Crippen molar-refractivity contribution in [2.24, 2.45) is 5.92 Å². The Morgan fingerprint density at radius 2 is 1.68 bits per heavy atom. The zero-order valence-electron chi connectivity index (χ0n) is 11.2. The quantitative estimate of drug-likeness (QED) is 0.701. The van der Waals surface area contributed by atoms with Crippen molar-refractivity contribution in [3.8, 4) is 0 Å². The minimum absolute atomic E-state index is 0.567. The molecule has 0 spiro atoms. The second-order valence-electron chi connectivity index (χ2n) is 5.33. The Bertz CT molecular complexity index is 426. The predicted molar refractivity (Wildman–Crippen MR) is 84.3 cm³/mol. The summed E-state index contributed by atoms with van der Waals surface area (Å²) >= 11 is 18.4. The van der Waals surface area contributed by atoms with Gasteiger partial charge in [0.1, 0.15) is 0 Å². The molecule has 0 radical (unpaired) electrons. The van der Waals surface area contributed by atoms with E-state index in [1.807, 2.05) is 0 Å². The highest BCUT2D eigenvalue weighted by Crippen LogP contribution is 2.32. The van der Waals surface area contributed by atoms with Gasteiger partial charge in [-0.05, 0) is 43.7 Å². The first kappa shape index (κ1) is 15.4. The third-order valence-electron chi connectivity index (χ3n) is 4.13. The summed E-state index contributed by atoms with van der Waals surface area (Å²) in [5, 5.41) is 5.39. The molecule has 19 heavy (non-hydrogen) atoms. The molecule has 1 fully saturated rings. The molecule has 4 heteroatoms. The maximum atomic E-state index is 6.21. The zero-order valence-corrected chi connectivity index (χ0v) is 13.5. The summed E-state index contributed by atoms with van der Waals surface area (Å²) in [6, 6.07) is 4.12. The predicted octanol–water partition coefficient (Wildman–Crippen LogP) is 5.71. The Morgan fingerprint density at radius 3 is 2.32 bits per heavy atom. The van der Waals surface area contributed by atoms with Gasteiger partial charge >= 0.3 is 0 Å². The van der Waals surface area contributed by atoms with Crippen molar-refractivity contribution in [1.29, 1.82) is 0 Å². The van der Waals surface area contributed by atoms with Crippen LogP contribution in [0.2, 0.25) is 15.1 Å². The van der Waals surface area contributed by atoms with E-state index >= 15 is 0 Å². The lowest BCUT2D eigenvalue weighted by molar-refractivity contribution is 0.285. The lowest BCUT2D eigenvalue weighted by atomic mass is 9.84. The third-order valence-corrected chi connectivity index (χ3v) is 5.33. The lowest BCUT2D eigenvalue weighted by Gasteiger charge is -2.28. The van der Waals surface area contributed by atoms with Gasteiger partial charge in [-0.1, -0.05) is 48.1 Å². The number of hydrogen-bond donors (Lipinski definition) is 1. The zero-order chi connectivity index (χ0) is 13.8. The van der Waals surface area contributed by atoms with Crippen molar-refractivity contribution in [2.45, 2.75) is 51.6 Å². The van der Waals surface area contributed by atoms with Crippen LogP contribution in [0.15, 0.2) is 12.1 Å². The van der Waals surface area contributed by atoms with E-state index in [2.05, 4.69) is 12.2 Å². The molecular formula is C15H20Cl3N. The van der Waals surface area contributed by atoms with Crippen molar-refractivity contribution in [2.75, 3.05) is 0 Å². The molecular weight excluding hydrogens is 301 g/mol. The molecule has 1 aromatic carbocycles. The molecule has 106 valence electrons. The maximum Gasteiger partial charge on any atom is 0.0652 e. The van der Waals surface area contributed by atoms with Crippen molar-refractivity contribution in [3.63, 3.8) is 0 Å². The number of halogens is 3. The summed E-state index contributed by atoms with van der Waals surface area (Å²) in [7, 11) is 0. The van der Waals surface area contributed by atoms with Crippen LogP contribution < -0.4 is 5.32 Å². The van der Waals surface area contributed by atoms with Gasteiger partial charge in [0, 0.05) is 23.2 Å². The van der Waals surface area contributed by atoms with Crippen LogP contribution in [0.5, 0.6) is 0 Å². The van der Waals surface area contributed by atoms with Crippen LogP contribution in [0.25, 0.3) is 0 Å². The van der Waals surface area contributed by atoms with Gasteiger partial charge in [-0.15, -0.1) is 0 Å². The molecule has 1 aliphatic carbocycles. The first-order valence-electron chi connectivity index (χ1n) is 6.97. The molecule has 1 saturated carbocycles. The van der Waals surface area contributed by atoms with E-state index in [4.69, 9.17) is 34.8 Å². The highest BCUT2D eigenvalue weighted by atomic mass is 35.5. The number of hydrogen-bond acceptors (Lipinski definition) is 1. The summed E-state index contributed by atoms with van der Waals surface area (Å²) in [6.45, 7) is 2.98.